The molecule has 8 rings (SSSR count). The molecule has 3 aromatic carbocycles. The number of nitrogen functional groups attached to an aromatic ring is 2. The van der Waals surface area contributed by atoms with Crippen LogP contribution in [0, 0.1) is 31.6 Å². The number of carbonyl (C=O) groups is 4. The number of likely N-dealkylation sites (tertiary alicyclic amines) is 1. The second-order valence-corrected chi connectivity index (χ2v) is 22.3. The topological polar surface area (TPSA) is 258 Å². The van der Waals surface area contributed by atoms with Gasteiger partial charge in [-0.3, -0.25) is 14.4 Å². The summed E-state index contributed by atoms with van der Waals surface area (Å²) in [7, 11) is 0. The van der Waals surface area contributed by atoms with Crippen LogP contribution in [0.15, 0.2) is 102 Å². The molecule has 0 radical (unpaired) electrons. The molecule has 0 saturated carbocycles. The van der Waals surface area contributed by atoms with E-state index in [9.17, 15) is 29.4 Å². The first kappa shape index (κ1) is 62.3. The fourth-order valence-corrected chi connectivity index (χ4v) is 9.29. The highest BCUT2D eigenvalue weighted by Gasteiger charge is 2.35. The van der Waals surface area contributed by atoms with Crippen molar-refractivity contribution in [1.82, 2.24) is 25.5 Å². The summed E-state index contributed by atoms with van der Waals surface area (Å²) in [6.07, 6.45) is 9.61. The molecule has 3 aliphatic heterocycles. The third-order valence-corrected chi connectivity index (χ3v) is 14.4. The van der Waals surface area contributed by atoms with Gasteiger partial charge in [-0.2, -0.15) is 0 Å². The maximum absolute atomic E-state index is 13.0. The lowest BCUT2D eigenvalue weighted by atomic mass is 9.88. The van der Waals surface area contributed by atoms with E-state index >= 15 is 0 Å². The molecule has 0 unspecified atom stereocenters. The molecule has 2 aromatic heterocycles. The molecule has 0 spiro atoms. The van der Waals surface area contributed by atoms with Crippen LogP contribution in [-0.2, 0) is 30.4 Å². The third-order valence-electron chi connectivity index (χ3n) is 13.8. The third kappa shape index (κ3) is 18.8. The minimum Gasteiger partial charge on any atom is -0.474 e. The maximum atomic E-state index is 13.0. The van der Waals surface area contributed by atoms with Crippen molar-refractivity contribution >= 4 is 62.6 Å². The summed E-state index contributed by atoms with van der Waals surface area (Å²) >= 11 is 3.46. The quantitative estimate of drug-likeness (QED) is 0.0688. The largest absolute Gasteiger partial charge is 0.474 e. The molecule has 3 saturated heterocycles. The predicted molar refractivity (Wildman–Crippen MR) is 307 cm³/mol. The summed E-state index contributed by atoms with van der Waals surface area (Å²) < 4.78 is 1.16. The van der Waals surface area contributed by atoms with Crippen molar-refractivity contribution in [1.29, 1.82) is 0 Å². The number of pyridine rings is 2. The predicted octanol–water partition coefficient (Wildman–Crippen LogP) is 10.3. The van der Waals surface area contributed by atoms with E-state index in [0.29, 0.717) is 53.1 Å². The molecule has 6 atom stereocenters. The van der Waals surface area contributed by atoms with E-state index in [1.807, 2.05) is 50.2 Å². The number of aliphatic carboxylic acids is 1. The Bertz CT molecular complexity index is 2670. The van der Waals surface area contributed by atoms with Crippen LogP contribution in [0.1, 0.15) is 151 Å². The first-order valence-electron chi connectivity index (χ1n) is 25.8. The number of piperidine rings is 3. The van der Waals surface area contributed by atoms with Gasteiger partial charge < -0.3 is 53.0 Å². The Morgan fingerprint density at radius 2 is 1.01 bits per heavy atom. The fourth-order valence-electron chi connectivity index (χ4n) is 9.03. The number of anilines is 4. The van der Waals surface area contributed by atoms with E-state index in [0.717, 1.165) is 64.5 Å². The van der Waals surface area contributed by atoms with Gasteiger partial charge in [-0.15, -0.1) is 0 Å². The number of aliphatic hydroxyl groups is 2. The molecule has 3 aliphatic rings. The van der Waals surface area contributed by atoms with Crippen LogP contribution < -0.4 is 32.7 Å². The number of hydrogen-bond acceptors (Lipinski definition) is 12. The Morgan fingerprint density at radius 1 is 0.618 bits per heavy atom. The number of rotatable bonds is 7. The molecule has 3 fully saturated rings. The number of aromatic nitrogens is 2. The van der Waals surface area contributed by atoms with Gasteiger partial charge in [0.25, 0.3) is 0 Å². The van der Waals surface area contributed by atoms with Gasteiger partial charge in [0.2, 0.25) is 0 Å². The number of nitrogens with zero attached hydrogens (tertiary/aromatic N) is 3. The van der Waals surface area contributed by atoms with Crippen LogP contribution in [0.5, 0.6) is 0 Å². The minimum atomic E-state index is -1.54. The second kappa shape index (κ2) is 28.2. The summed E-state index contributed by atoms with van der Waals surface area (Å²) in [5, 5.41) is 40.4. The number of amides is 3. The highest BCUT2D eigenvalue weighted by Crippen LogP contribution is 2.35. The number of nitrogens with two attached hydrogens (primary N) is 2. The van der Waals surface area contributed by atoms with Gasteiger partial charge in [-0.25, -0.2) is 14.8 Å². The van der Waals surface area contributed by atoms with Gasteiger partial charge in [0.05, 0.1) is 41.0 Å². The molecule has 3 amide bonds. The SMILES string of the molecule is C.C[C@H]1CC[C@H](c2ccc(Br)cc2)NC1.C[C@H]1CC[C@H](c2ccc(C(C)(C)O)cc2)NC1.Cc1cc(NC(=O)C(=O)N2C[C@@H](C)CC[C@@H]2c2ccc(C(C)(C)O)cc2)cnc1N.Cc1cc(NC(=O)C(=O)O)cnc1N. The summed E-state index contributed by atoms with van der Waals surface area (Å²) in [5.41, 5.74) is 17.1. The van der Waals surface area contributed by atoms with Crippen molar-refractivity contribution in [2.45, 2.75) is 138 Å². The zero-order chi connectivity index (χ0) is 55.2. The molecule has 0 aliphatic carbocycles. The summed E-state index contributed by atoms with van der Waals surface area (Å²) in [6, 6.07) is 28.7. The van der Waals surface area contributed by atoms with Gasteiger partial charge in [0.1, 0.15) is 11.6 Å². The standard InChI is InChI=1S/C23H30N4O3.C15H23NO.C12H16BrN.C8H9N3O3.CH4/c1-14-5-10-19(16-6-8-17(9-7-16)23(3,4)30)27(13-14)22(29)21(28)26-18-11-15(2)20(24)25-12-18;1-11-4-9-14(16-10-11)12-5-7-13(8-6-12)15(2,3)17;1-9-2-7-12(14-8-9)10-3-5-11(13)6-4-10;1-4-2-5(3-10-6(4)9)11-7(12)8(13)14;/h6-9,11-12,14,19,30H,5,10,13H2,1-4H3,(H2,24,25)(H,26,28);5-8,11,14,16-17H,4,9-10H2,1-3H3;3-6,9,12,14H,2,7-8H2,1H3;2-3H,1H3,(H2,9,10)(H,11,12)(H,13,14);1H4/t14-,19+;11-,14+;9-,12+;;/m000../s1. The highest BCUT2D eigenvalue weighted by atomic mass is 79.9. The van der Waals surface area contributed by atoms with Crippen molar-refractivity contribution in [3.63, 3.8) is 0 Å². The van der Waals surface area contributed by atoms with Crippen molar-refractivity contribution in [3.8, 4) is 0 Å². The van der Waals surface area contributed by atoms with Gasteiger partial charge >= 0.3 is 23.7 Å². The lowest BCUT2D eigenvalue weighted by molar-refractivity contribution is -0.147. The number of hydrogen-bond donors (Lipinski definition) is 9. The Morgan fingerprint density at radius 3 is 1.39 bits per heavy atom. The Kier molecular flexibility index (Phi) is 23.1. The van der Waals surface area contributed by atoms with Crippen LogP contribution in [0.3, 0.4) is 0 Å². The molecule has 5 aromatic rings. The molecule has 412 valence electrons. The van der Waals surface area contributed by atoms with E-state index in [2.05, 4.69) is 104 Å². The van der Waals surface area contributed by atoms with Gasteiger partial charge in [-0.05, 0) is 174 Å². The van der Waals surface area contributed by atoms with Crippen LogP contribution in [0.25, 0.3) is 0 Å². The lowest BCUT2D eigenvalue weighted by Gasteiger charge is -2.38. The van der Waals surface area contributed by atoms with E-state index in [-0.39, 0.29) is 13.5 Å². The second-order valence-electron chi connectivity index (χ2n) is 21.4. The molecule has 0 bridgehead atoms. The zero-order valence-corrected chi connectivity index (χ0v) is 46.5. The first-order valence-corrected chi connectivity index (χ1v) is 26.6. The van der Waals surface area contributed by atoms with Crippen molar-refractivity contribution in [3.05, 3.63) is 141 Å². The Labute approximate surface area is 458 Å². The molecular formula is C59H82BrN9O7. The number of carboxylic acids is 1. The first-order chi connectivity index (χ1) is 35.3. The summed E-state index contributed by atoms with van der Waals surface area (Å²) in [4.78, 5) is 56.1. The smallest absolute Gasteiger partial charge is 0.394 e. The zero-order valence-electron chi connectivity index (χ0n) is 44.9. The normalized spacial score (nSPS) is 20.3. The average molecular weight is 1110 g/mol. The maximum Gasteiger partial charge on any atom is 0.394 e. The van der Waals surface area contributed by atoms with Crippen LogP contribution in [0.4, 0.5) is 23.0 Å². The van der Waals surface area contributed by atoms with Crippen molar-refractivity contribution < 1.29 is 34.5 Å². The molecular weight excluding hydrogens is 1030 g/mol. The molecule has 76 heavy (non-hydrogen) atoms. The summed E-state index contributed by atoms with van der Waals surface area (Å²) in [5.74, 6) is -1.22. The van der Waals surface area contributed by atoms with E-state index < -0.39 is 34.9 Å². The van der Waals surface area contributed by atoms with Crippen LogP contribution in [-0.4, -0.2) is 73.5 Å². The minimum absolute atomic E-state index is 0. The van der Waals surface area contributed by atoms with Gasteiger partial charge in [-0.1, -0.05) is 105 Å². The number of benzene rings is 3. The van der Waals surface area contributed by atoms with E-state index in [4.69, 9.17) is 16.6 Å². The number of carboxylic acid groups (broad SMARTS) is 1. The average Bonchev–Trinajstić information content (AvgIpc) is 3.37. The molecule has 5 heterocycles. The van der Waals surface area contributed by atoms with Crippen molar-refractivity contribution in [2.75, 3.05) is 41.7 Å². The molecule has 17 heteroatoms. The van der Waals surface area contributed by atoms with Crippen LogP contribution >= 0.6 is 15.9 Å². The van der Waals surface area contributed by atoms with Crippen molar-refractivity contribution in [2.24, 2.45) is 17.8 Å². The Hall–Kier alpha value is -6.24. The van der Waals surface area contributed by atoms with E-state index in [1.54, 1.807) is 44.7 Å². The van der Waals surface area contributed by atoms with E-state index in [1.165, 1.54) is 49.2 Å². The number of nitrogens with one attached hydrogen (secondary N) is 4. The highest BCUT2D eigenvalue weighted by molar-refractivity contribution is 9.10. The summed E-state index contributed by atoms with van der Waals surface area (Å²) in [6.45, 7) is 20.1. The molecule has 16 nitrogen and oxygen atoms in total. The fraction of sp³-hybridized carbons (Fsp3) is 0.458. The number of halogens is 1. The lowest BCUT2D eigenvalue weighted by Crippen LogP contribution is -2.46. The molecule has 11 N–H and O–H groups in total. The van der Waals surface area contributed by atoms with Gasteiger partial charge in [0, 0.05) is 23.1 Å². The monoisotopic (exact) mass is 1110 g/mol. The number of aryl methyl sites for hydroxylation is 2. The van der Waals surface area contributed by atoms with Crippen LogP contribution in [0.2, 0.25) is 0 Å². The Balaban J connectivity index is 0.000000232. The number of carbonyl (C=O) groups excluding carboxylic acids is 3. The van der Waals surface area contributed by atoms with Gasteiger partial charge in [0.15, 0.2) is 0 Å².